The highest BCUT2D eigenvalue weighted by Crippen LogP contribution is 2.36. The van der Waals surface area contributed by atoms with E-state index in [4.69, 9.17) is 0 Å². The average molecular weight is 201 g/mol. The van der Waals surface area contributed by atoms with E-state index in [0.717, 1.165) is 24.9 Å². The van der Waals surface area contributed by atoms with E-state index in [1.165, 1.54) is 18.4 Å². The van der Waals surface area contributed by atoms with Crippen LogP contribution in [0, 0.1) is 0 Å². The molecule has 1 aromatic carbocycles. The van der Waals surface area contributed by atoms with Gasteiger partial charge in [-0.25, -0.2) is 0 Å². The molecule has 1 nitrogen and oxygen atoms in total. The van der Waals surface area contributed by atoms with Crippen molar-refractivity contribution in [1.82, 2.24) is 5.32 Å². The van der Waals surface area contributed by atoms with Crippen molar-refractivity contribution in [2.75, 3.05) is 6.54 Å². The topological polar surface area (TPSA) is 12.0 Å². The highest BCUT2D eigenvalue weighted by Gasteiger charge is 2.29. The first kappa shape index (κ1) is 10.4. The number of rotatable bonds is 5. The van der Waals surface area contributed by atoms with Crippen LogP contribution >= 0.6 is 0 Å². The molecule has 1 N–H and O–H groups in total. The molecule has 0 heterocycles. The molecule has 0 unspecified atom stereocenters. The van der Waals surface area contributed by atoms with E-state index in [2.05, 4.69) is 42.2 Å². The van der Waals surface area contributed by atoms with Gasteiger partial charge in [-0.05, 0) is 37.3 Å². The lowest BCUT2D eigenvalue weighted by molar-refractivity contribution is 0.293. The Bertz CT molecular complexity index is 298. The largest absolute Gasteiger partial charge is 0.314 e. The number of hydrogen-bond donors (Lipinski definition) is 1. The Labute approximate surface area is 92.2 Å². The van der Waals surface area contributed by atoms with Gasteiger partial charge >= 0.3 is 0 Å². The third kappa shape index (κ3) is 2.69. The first-order valence-electron chi connectivity index (χ1n) is 5.79. The monoisotopic (exact) mass is 201 g/mol. The first-order valence-corrected chi connectivity index (χ1v) is 5.79. The number of hydrogen-bond acceptors (Lipinski definition) is 1. The van der Waals surface area contributed by atoms with Crippen LogP contribution in [0.2, 0.25) is 0 Å². The Morgan fingerprint density at radius 3 is 2.67 bits per heavy atom. The van der Waals surface area contributed by atoms with E-state index < -0.39 is 0 Å². The van der Waals surface area contributed by atoms with Crippen LogP contribution in [0.1, 0.15) is 30.7 Å². The Morgan fingerprint density at radius 2 is 2.00 bits per heavy atom. The second kappa shape index (κ2) is 5.13. The second-order valence-corrected chi connectivity index (χ2v) is 4.31. The normalized spacial score (nSPS) is 24.5. The van der Waals surface area contributed by atoms with E-state index in [0.29, 0.717) is 0 Å². The maximum Gasteiger partial charge on any atom is 0.00788 e. The molecule has 1 saturated carbocycles. The minimum atomic E-state index is 0.732. The van der Waals surface area contributed by atoms with Gasteiger partial charge < -0.3 is 5.32 Å². The minimum Gasteiger partial charge on any atom is -0.314 e. The van der Waals surface area contributed by atoms with Gasteiger partial charge in [0.25, 0.3) is 0 Å². The van der Waals surface area contributed by atoms with Crippen molar-refractivity contribution in [2.45, 2.75) is 31.2 Å². The summed E-state index contributed by atoms with van der Waals surface area (Å²) in [6.45, 7) is 4.80. The van der Waals surface area contributed by atoms with Crippen molar-refractivity contribution in [2.24, 2.45) is 0 Å². The van der Waals surface area contributed by atoms with E-state index >= 15 is 0 Å². The Balaban J connectivity index is 1.72. The molecular weight excluding hydrogens is 182 g/mol. The minimum absolute atomic E-state index is 0.732. The molecule has 15 heavy (non-hydrogen) atoms. The molecule has 0 aliphatic heterocycles. The third-order valence-electron chi connectivity index (χ3n) is 3.19. The van der Waals surface area contributed by atoms with Gasteiger partial charge in [0.05, 0.1) is 0 Å². The quantitative estimate of drug-likeness (QED) is 0.570. The van der Waals surface area contributed by atoms with Gasteiger partial charge in [0.1, 0.15) is 0 Å². The van der Waals surface area contributed by atoms with Gasteiger partial charge in [-0.2, -0.15) is 0 Å². The standard InChI is InChI=1S/C14H19N/c1-2-3-9-15-14-10-13(11-14)12-7-5-4-6-8-12/h2,4-8,13-15H,1,3,9-11H2. The summed E-state index contributed by atoms with van der Waals surface area (Å²) >= 11 is 0. The molecule has 80 valence electrons. The summed E-state index contributed by atoms with van der Waals surface area (Å²) in [5.41, 5.74) is 1.50. The summed E-state index contributed by atoms with van der Waals surface area (Å²) in [6, 6.07) is 11.6. The summed E-state index contributed by atoms with van der Waals surface area (Å²) in [5.74, 6) is 0.785. The fraction of sp³-hybridized carbons (Fsp3) is 0.429. The summed E-state index contributed by atoms with van der Waals surface area (Å²) in [4.78, 5) is 0. The van der Waals surface area contributed by atoms with Gasteiger partial charge in [0.15, 0.2) is 0 Å². The zero-order chi connectivity index (χ0) is 10.5. The Kier molecular flexibility index (Phi) is 3.57. The lowest BCUT2D eigenvalue weighted by Crippen LogP contribution is -2.40. The van der Waals surface area contributed by atoms with Crippen molar-refractivity contribution >= 4 is 0 Å². The molecule has 1 heteroatoms. The van der Waals surface area contributed by atoms with E-state index in [1.54, 1.807) is 0 Å². The van der Waals surface area contributed by atoms with Crippen molar-refractivity contribution in [3.63, 3.8) is 0 Å². The van der Waals surface area contributed by atoms with Gasteiger partial charge in [-0.15, -0.1) is 6.58 Å². The predicted molar refractivity (Wildman–Crippen MR) is 65.0 cm³/mol. The van der Waals surface area contributed by atoms with Gasteiger partial charge in [-0.1, -0.05) is 36.4 Å². The van der Waals surface area contributed by atoms with Crippen LogP contribution in [0.15, 0.2) is 43.0 Å². The molecular formula is C14H19N. The molecule has 0 amide bonds. The van der Waals surface area contributed by atoms with Crippen LogP contribution in [0.5, 0.6) is 0 Å². The van der Waals surface area contributed by atoms with E-state index in [-0.39, 0.29) is 0 Å². The molecule has 1 aliphatic rings. The van der Waals surface area contributed by atoms with Crippen LogP contribution in [0.3, 0.4) is 0 Å². The number of nitrogens with one attached hydrogen (secondary N) is 1. The van der Waals surface area contributed by atoms with Gasteiger partial charge in [0, 0.05) is 6.04 Å². The number of benzene rings is 1. The lowest BCUT2D eigenvalue weighted by atomic mass is 9.76. The zero-order valence-corrected chi connectivity index (χ0v) is 9.15. The first-order chi connectivity index (χ1) is 7.40. The molecule has 0 atom stereocenters. The second-order valence-electron chi connectivity index (χ2n) is 4.31. The maximum atomic E-state index is 3.72. The third-order valence-corrected chi connectivity index (χ3v) is 3.19. The molecule has 0 saturated heterocycles. The summed E-state index contributed by atoms with van der Waals surface area (Å²) in [6.07, 6.45) is 5.63. The molecule has 2 rings (SSSR count). The highest BCUT2D eigenvalue weighted by molar-refractivity contribution is 5.22. The SMILES string of the molecule is C=CCCNC1CC(c2ccccc2)C1. The highest BCUT2D eigenvalue weighted by atomic mass is 14.9. The molecule has 1 fully saturated rings. The molecule has 0 aromatic heterocycles. The van der Waals surface area contributed by atoms with Crippen molar-refractivity contribution in [3.8, 4) is 0 Å². The smallest absolute Gasteiger partial charge is 0.00788 e. The molecule has 0 spiro atoms. The van der Waals surface area contributed by atoms with Crippen LogP contribution < -0.4 is 5.32 Å². The molecule has 0 bridgehead atoms. The summed E-state index contributed by atoms with van der Waals surface area (Å²) in [7, 11) is 0. The van der Waals surface area contributed by atoms with Gasteiger partial charge in [-0.3, -0.25) is 0 Å². The average Bonchev–Trinajstić information content (AvgIpc) is 2.23. The van der Waals surface area contributed by atoms with Crippen LogP contribution in [0.4, 0.5) is 0 Å². The predicted octanol–water partition coefficient (Wildman–Crippen LogP) is 3.10. The van der Waals surface area contributed by atoms with Crippen LogP contribution in [-0.2, 0) is 0 Å². The van der Waals surface area contributed by atoms with Crippen molar-refractivity contribution in [3.05, 3.63) is 48.6 Å². The molecule has 0 radical (unpaired) electrons. The van der Waals surface area contributed by atoms with Crippen LogP contribution in [-0.4, -0.2) is 12.6 Å². The van der Waals surface area contributed by atoms with Crippen molar-refractivity contribution < 1.29 is 0 Å². The fourth-order valence-corrected chi connectivity index (χ4v) is 2.17. The van der Waals surface area contributed by atoms with E-state index in [1.807, 2.05) is 6.08 Å². The van der Waals surface area contributed by atoms with Crippen molar-refractivity contribution in [1.29, 1.82) is 0 Å². The van der Waals surface area contributed by atoms with Gasteiger partial charge in [0.2, 0.25) is 0 Å². The van der Waals surface area contributed by atoms with Crippen LogP contribution in [0.25, 0.3) is 0 Å². The Hall–Kier alpha value is -1.08. The maximum absolute atomic E-state index is 3.72. The lowest BCUT2D eigenvalue weighted by Gasteiger charge is -2.36. The van der Waals surface area contributed by atoms with E-state index in [9.17, 15) is 0 Å². The molecule has 1 aromatic rings. The zero-order valence-electron chi connectivity index (χ0n) is 9.15. The fourth-order valence-electron chi connectivity index (χ4n) is 2.17. The molecule has 1 aliphatic carbocycles. The summed E-state index contributed by atoms with van der Waals surface area (Å²) in [5, 5.41) is 3.55. The summed E-state index contributed by atoms with van der Waals surface area (Å²) < 4.78 is 0. The Morgan fingerprint density at radius 1 is 1.27 bits per heavy atom.